The Kier molecular flexibility index (Phi) is 3.50. The second kappa shape index (κ2) is 3.74. The Bertz CT molecular complexity index is 66.0. The lowest BCUT2D eigenvalue weighted by Gasteiger charge is -1.95. The fraction of sp³-hybridized carbons (Fsp3) is 0.667. The van der Waals surface area contributed by atoms with Gasteiger partial charge in [0, 0.05) is 0 Å². The van der Waals surface area contributed by atoms with Crippen molar-refractivity contribution < 1.29 is 9.03 Å². The van der Waals surface area contributed by atoms with Crippen molar-refractivity contribution in [1.29, 1.82) is 5.41 Å². The van der Waals surface area contributed by atoms with Crippen LogP contribution in [0.2, 0.25) is 0 Å². The molecule has 0 radical (unpaired) electrons. The average molecular weight is 124 g/mol. The predicted molar refractivity (Wildman–Crippen MR) is 26.3 cm³/mol. The SMILES string of the molecule is CCOC(=N)OCl. The van der Waals surface area contributed by atoms with E-state index in [2.05, 4.69) is 20.9 Å². The molecule has 42 valence electrons. The molecular weight excluding hydrogens is 117 g/mol. The molecule has 0 heterocycles. The third-order valence-electron chi connectivity index (χ3n) is 0.346. The molecular formula is C3H6ClNO2. The van der Waals surface area contributed by atoms with E-state index in [1.54, 1.807) is 6.92 Å². The first-order valence-electron chi connectivity index (χ1n) is 1.81. The summed E-state index contributed by atoms with van der Waals surface area (Å²) in [5.41, 5.74) is 0. The van der Waals surface area contributed by atoms with Crippen molar-refractivity contribution in [2.24, 2.45) is 0 Å². The van der Waals surface area contributed by atoms with E-state index in [4.69, 9.17) is 5.41 Å². The molecule has 0 saturated carbocycles. The zero-order valence-electron chi connectivity index (χ0n) is 3.90. The Labute approximate surface area is 46.9 Å². The molecule has 0 aromatic heterocycles. The minimum atomic E-state index is -0.357. The van der Waals surface area contributed by atoms with Gasteiger partial charge in [0.25, 0.3) is 0 Å². The van der Waals surface area contributed by atoms with Crippen molar-refractivity contribution >= 4 is 17.9 Å². The Balaban J connectivity index is 3.00. The van der Waals surface area contributed by atoms with E-state index in [0.717, 1.165) is 0 Å². The van der Waals surface area contributed by atoms with Crippen molar-refractivity contribution in [2.75, 3.05) is 6.61 Å². The van der Waals surface area contributed by atoms with Gasteiger partial charge in [-0.2, -0.15) is 0 Å². The highest BCUT2D eigenvalue weighted by atomic mass is 35.5. The maximum Gasteiger partial charge on any atom is 0.399 e. The monoisotopic (exact) mass is 123 g/mol. The molecule has 3 nitrogen and oxygen atoms in total. The van der Waals surface area contributed by atoms with Crippen LogP contribution in [0.15, 0.2) is 0 Å². The molecule has 0 amide bonds. The summed E-state index contributed by atoms with van der Waals surface area (Å²) in [5.74, 6) is 0. The molecule has 0 aliphatic rings. The third kappa shape index (κ3) is 3.39. The number of hydrogen-bond acceptors (Lipinski definition) is 3. The van der Waals surface area contributed by atoms with E-state index in [0.29, 0.717) is 6.61 Å². The zero-order valence-corrected chi connectivity index (χ0v) is 4.66. The van der Waals surface area contributed by atoms with Gasteiger partial charge in [0.1, 0.15) is 11.9 Å². The van der Waals surface area contributed by atoms with Crippen molar-refractivity contribution in [1.82, 2.24) is 0 Å². The molecule has 1 N–H and O–H groups in total. The molecule has 0 rings (SSSR count). The van der Waals surface area contributed by atoms with E-state index in [9.17, 15) is 0 Å². The summed E-state index contributed by atoms with van der Waals surface area (Å²) >= 11 is 4.68. The van der Waals surface area contributed by atoms with Crippen molar-refractivity contribution in [3.8, 4) is 0 Å². The maximum atomic E-state index is 6.56. The van der Waals surface area contributed by atoms with Crippen LogP contribution < -0.4 is 0 Å². The molecule has 0 saturated heterocycles. The van der Waals surface area contributed by atoms with E-state index in [-0.39, 0.29) is 6.08 Å². The highest BCUT2D eigenvalue weighted by molar-refractivity contribution is 6.12. The molecule has 0 spiro atoms. The summed E-state index contributed by atoms with van der Waals surface area (Å²) in [6.45, 7) is 2.15. The molecule has 0 aliphatic carbocycles. The second-order valence-electron chi connectivity index (χ2n) is 0.798. The molecule has 0 fully saturated rings. The lowest BCUT2D eigenvalue weighted by atomic mass is 10.9. The first-order valence-corrected chi connectivity index (χ1v) is 2.12. The maximum absolute atomic E-state index is 6.56. The quantitative estimate of drug-likeness (QED) is 0.420. The fourth-order valence-electron chi connectivity index (χ4n) is 0.153. The lowest BCUT2D eigenvalue weighted by Crippen LogP contribution is -2.00. The zero-order chi connectivity index (χ0) is 5.70. The summed E-state index contributed by atoms with van der Waals surface area (Å²) < 4.78 is 8.24. The van der Waals surface area contributed by atoms with Crippen LogP contribution in [-0.4, -0.2) is 12.7 Å². The fourth-order valence-corrected chi connectivity index (χ4v) is 0.198. The lowest BCUT2D eigenvalue weighted by molar-refractivity contribution is 0.254. The highest BCUT2D eigenvalue weighted by Crippen LogP contribution is 1.83. The highest BCUT2D eigenvalue weighted by Gasteiger charge is 1.89. The molecule has 0 unspecified atom stereocenters. The number of hydrogen-bond donors (Lipinski definition) is 1. The first-order chi connectivity index (χ1) is 3.31. The Hall–Kier alpha value is -0.440. The van der Waals surface area contributed by atoms with Crippen LogP contribution in [0.5, 0.6) is 0 Å². The number of nitrogens with one attached hydrogen (secondary N) is 1. The Morgan fingerprint density at radius 3 is 2.57 bits per heavy atom. The van der Waals surface area contributed by atoms with Gasteiger partial charge in [-0.25, -0.2) is 5.41 Å². The molecule has 4 heteroatoms. The van der Waals surface area contributed by atoms with Crippen LogP contribution in [0.25, 0.3) is 0 Å². The van der Waals surface area contributed by atoms with Gasteiger partial charge < -0.3 is 9.03 Å². The van der Waals surface area contributed by atoms with Crippen LogP contribution in [-0.2, 0) is 9.03 Å². The molecule has 0 bridgehead atoms. The smallest absolute Gasteiger partial charge is 0.399 e. The van der Waals surface area contributed by atoms with Crippen molar-refractivity contribution in [3.05, 3.63) is 0 Å². The first kappa shape index (κ1) is 6.56. The molecule has 0 atom stereocenters. The van der Waals surface area contributed by atoms with Crippen molar-refractivity contribution in [3.63, 3.8) is 0 Å². The number of halogens is 1. The summed E-state index contributed by atoms with van der Waals surface area (Å²) in [4.78, 5) is 0. The summed E-state index contributed by atoms with van der Waals surface area (Å²) in [7, 11) is 0. The van der Waals surface area contributed by atoms with Crippen LogP contribution in [0.4, 0.5) is 0 Å². The second-order valence-corrected chi connectivity index (χ2v) is 0.952. The van der Waals surface area contributed by atoms with E-state index in [1.807, 2.05) is 0 Å². The Morgan fingerprint density at radius 2 is 2.43 bits per heavy atom. The van der Waals surface area contributed by atoms with Gasteiger partial charge in [0.2, 0.25) is 0 Å². The van der Waals surface area contributed by atoms with Gasteiger partial charge in [0.05, 0.1) is 6.61 Å². The largest absolute Gasteiger partial charge is 0.450 e. The van der Waals surface area contributed by atoms with Crippen LogP contribution >= 0.6 is 11.9 Å². The number of ether oxygens (including phenoxy) is 1. The number of rotatable bonds is 1. The van der Waals surface area contributed by atoms with Gasteiger partial charge >= 0.3 is 6.08 Å². The topological polar surface area (TPSA) is 42.3 Å². The Morgan fingerprint density at radius 1 is 1.86 bits per heavy atom. The van der Waals surface area contributed by atoms with Crippen LogP contribution in [0, 0.1) is 5.41 Å². The summed E-state index contributed by atoms with van der Waals surface area (Å²) in [6, 6.07) is 0. The minimum absolute atomic E-state index is 0.357. The molecule has 0 aromatic carbocycles. The van der Waals surface area contributed by atoms with Crippen molar-refractivity contribution in [2.45, 2.75) is 6.92 Å². The van der Waals surface area contributed by atoms with Gasteiger partial charge in [-0.15, -0.1) is 0 Å². The average Bonchev–Trinajstić information content (AvgIpc) is 1.68. The molecule has 0 aromatic rings. The van der Waals surface area contributed by atoms with Crippen LogP contribution in [0.1, 0.15) is 6.92 Å². The van der Waals surface area contributed by atoms with E-state index in [1.165, 1.54) is 0 Å². The standard InChI is InChI=1S/C3H6ClNO2/c1-2-6-3(5)7-4/h5H,2H2,1H3. The van der Waals surface area contributed by atoms with Gasteiger partial charge in [-0.3, -0.25) is 0 Å². The normalized spacial score (nSPS) is 7.71. The predicted octanol–water partition coefficient (Wildman–Crippen LogP) is 1.13. The minimum Gasteiger partial charge on any atom is -0.450 e. The third-order valence-corrected chi connectivity index (χ3v) is 0.486. The van der Waals surface area contributed by atoms with Gasteiger partial charge in [0.15, 0.2) is 0 Å². The van der Waals surface area contributed by atoms with E-state index >= 15 is 0 Å². The summed E-state index contributed by atoms with van der Waals surface area (Å²) in [6.07, 6.45) is -0.357. The molecule has 0 aliphatic heterocycles. The summed E-state index contributed by atoms with van der Waals surface area (Å²) in [5, 5.41) is 6.56. The molecule has 7 heavy (non-hydrogen) atoms. The van der Waals surface area contributed by atoms with Crippen LogP contribution in [0.3, 0.4) is 0 Å². The van der Waals surface area contributed by atoms with E-state index < -0.39 is 0 Å². The van der Waals surface area contributed by atoms with Gasteiger partial charge in [-0.1, -0.05) is 0 Å². The van der Waals surface area contributed by atoms with Gasteiger partial charge in [-0.05, 0) is 6.92 Å².